The van der Waals surface area contributed by atoms with Crippen LogP contribution in [0.15, 0.2) is 24.7 Å². The van der Waals surface area contributed by atoms with Crippen molar-refractivity contribution < 1.29 is 23.5 Å². The summed E-state index contributed by atoms with van der Waals surface area (Å²) in [5.74, 6) is -0.752. The van der Waals surface area contributed by atoms with Gasteiger partial charge in [0, 0.05) is 48.2 Å². The molecule has 3 aromatic rings. The number of imide groups is 1. The molecular formula is C20H18ClFN6O4. The molecule has 0 unspecified atom stereocenters. The maximum absolute atomic E-state index is 13.7. The van der Waals surface area contributed by atoms with Crippen LogP contribution in [0.5, 0.6) is 0 Å². The van der Waals surface area contributed by atoms with Crippen molar-refractivity contribution in [1.29, 1.82) is 0 Å². The molecular weight excluding hydrogens is 443 g/mol. The van der Waals surface area contributed by atoms with Gasteiger partial charge in [0.25, 0.3) is 11.8 Å². The molecule has 10 nitrogen and oxygen atoms in total. The van der Waals surface area contributed by atoms with Crippen LogP contribution in [0.2, 0.25) is 5.15 Å². The summed E-state index contributed by atoms with van der Waals surface area (Å²) in [5, 5.41) is 6.70. The van der Waals surface area contributed by atoms with Gasteiger partial charge in [0.1, 0.15) is 17.5 Å². The van der Waals surface area contributed by atoms with Gasteiger partial charge in [-0.15, -0.1) is 0 Å². The van der Waals surface area contributed by atoms with E-state index in [0.717, 1.165) is 10.5 Å². The fourth-order valence-corrected chi connectivity index (χ4v) is 4.43. The number of likely N-dealkylation sites (tertiary alicyclic amines) is 1. The van der Waals surface area contributed by atoms with Crippen molar-refractivity contribution in [2.24, 2.45) is 0 Å². The number of imidazole rings is 1. The molecule has 0 saturated carbocycles. The number of pyridine rings is 1. The molecule has 0 aliphatic carbocycles. The first-order chi connectivity index (χ1) is 15.5. The van der Waals surface area contributed by atoms with Gasteiger partial charge < -0.3 is 9.64 Å². The Morgan fingerprint density at radius 1 is 1.28 bits per heavy atom. The third-order valence-electron chi connectivity index (χ3n) is 5.82. The number of cyclic esters (lactones) is 1. The van der Waals surface area contributed by atoms with Crippen molar-refractivity contribution in [1.82, 2.24) is 29.4 Å². The molecule has 2 saturated heterocycles. The molecule has 3 amide bonds. The topological polar surface area (TPSA) is 113 Å². The number of hydrogen-bond acceptors (Lipinski definition) is 6. The van der Waals surface area contributed by atoms with Gasteiger partial charge in [-0.1, -0.05) is 11.6 Å². The van der Waals surface area contributed by atoms with Gasteiger partial charge in [-0.25, -0.2) is 19.1 Å². The number of halogens is 2. The van der Waals surface area contributed by atoms with E-state index in [9.17, 15) is 18.8 Å². The van der Waals surface area contributed by atoms with Gasteiger partial charge in [0.15, 0.2) is 12.3 Å². The molecule has 166 valence electrons. The Kier molecular flexibility index (Phi) is 5.04. The zero-order chi connectivity index (χ0) is 22.4. The Morgan fingerprint density at radius 2 is 2.06 bits per heavy atom. The van der Waals surface area contributed by atoms with Gasteiger partial charge in [0.2, 0.25) is 0 Å². The summed E-state index contributed by atoms with van der Waals surface area (Å²) in [6.07, 6.45) is 5.17. The second kappa shape index (κ2) is 7.90. The van der Waals surface area contributed by atoms with Crippen LogP contribution in [-0.4, -0.2) is 73.0 Å². The first-order valence-corrected chi connectivity index (χ1v) is 10.4. The molecule has 0 atom stereocenters. The van der Waals surface area contributed by atoms with Gasteiger partial charge in [-0.2, -0.15) is 5.10 Å². The number of aromatic nitrogens is 4. The number of rotatable bonds is 4. The van der Waals surface area contributed by atoms with Crippen LogP contribution < -0.4 is 0 Å². The molecule has 0 bridgehead atoms. The smallest absolute Gasteiger partial charge is 0.417 e. The number of ether oxygens (including phenoxy) is 1. The number of piperidine rings is 1. The Hall–Kier alpha value is -3.47. The maximum atomic E-state index is 13.7. The number of alkyl halides is 1. The van der Waals surface area contributed by atoms with Crippen molar-refractivity contribution in [2.75, 3.05) is 19.7 Å². The van der Waals surface area contributed by atoms with Crippen molar-refractivity contribution in [3.8, 4) is 11.1 Å². The number of fused-ring (bicyclic) bond motifs is 1. The van der Waals surface area contributed by atoms with E-state index in [1.807, 2.05) is 0 Å². The molecule has 2 aliphatic rings. The van der Waals surface area contributed by atoms with E-state index in [0.29, 0.717) is 37.1 Å². The van der Waals surface area contributed by atoms with Gasteiger partial charge in [0.05, 0.1) is 6.20 Å². The fraction of sp³-hybridized carbons (Fsp3) is 0.350. The minimum absolute atomic E-state index is 0.0285. The Balaban J connectivity index is 1.40. The van der Waals surface area contributed by atoms with Crippen LogP contribution in [0.4, 0.5) is 9.18 Å². The maximum Gasteiger partial charge on any atom is 0.417 e. The van der Waals surface area contributed by atoms with Crippen LogP contribution in [0.25, 0.3) is 16.8 Å². The molecule has 1 N–H and O–H groups in total. The van der Waals surface area contributed by atoms with Crippen molar-refractivity contribution in [3.05, 3.63) is 41.1 Å². The highest BCUT2D eigenvalue weighted by atomic mass is 35.5. The number of amides is 3. The number of H-pyrrole nitrogens is 1. The van der Waals surface area contributed by atoms with Crippen LogP contribution >= 0.6 is 11.6 Å². The summed E-state index contributed by atoms with van der Waals surface area (Å²) in [6.45, 7) is -0.379. The molecule has 0 aromatic carbocycles. The summed E-state index contributed by atoms with van der Waals surface area (Å²) in [6, 6.07) is 1.34. The summed E-state index contributed by atoms with van der Waals surface area (Å²) >= 11 is 6.50. The molecule has 2 aliphatic heterocycles. The lowest BCUT2D eigenvalue weighted by atomic mass is 10.0. The van der Waals surface area contributed by atoms with E-state index in [1.54, 1.807) is 29.6 Å². The second-order valence-electron chi connectivity index (χ2n) is 7.66. The summed E-state index contributed by atoms with van der Waals surface area (Å²) in [5.41, 5.74) is 2.03. The zero-order valence-corrected chi connectivity index (χ0v) is 17.5. The molecule has 5 heterocycles. The lowest BCUT2D eigenvalue weighted by Gasteiger charge is -2.34. The zero-order valence-electron chi connectivity index (χ0n) is 16.8. The minimum Gasteiger partial charge on any atom is -0.439 e. The molecule has 0 radical (unpaired) electrons. The Labute approximate surface area is 185 Å². The van der Waals surface area contributed by atoms with Crippen LogP contribution in [0.3, 0.4) is 0 Å². The van der Waals surface area contributed by atoms with Crippen LogP contribution in [0, 0.1) is 0 Å². The highest BCUT2D eigenvalue weighted by molar-refractivity contribution is 6.33. The number of hydrogen-bond donors (Lipinski definition) is 1. The average molecular weight is 461 g/mol. The van der Waals surface area contributed by atoms with E-state index in [4.69, 9.17) is 16.3 Å². The molecule has 0 spiro atoms. The fourth-order valence-electron chi connectivity index (χ4n) is 4.18. The van der Waals surface area contributed by atoms with Crippen molar-refractivity contribution in [3.63, 3.8) is 0 Å². The van der Waals surface area contributed by atoms with E-state index >= 15 is 0 Å². The van der Waals surface area contributed by atoms with E-state index < -0.39 is 12.8 Å². The molecule has 12 heteroatoms. The number of carbonyl (C=O) groups is 3. The highest BCUT2D eigenvalue weighted by Gasteiger charge is 2.39. The third-order valence-corrected chi connectivity index (χ3v) is 6.18. The monoisotopic (exact) mass is 460 g/mol. The SMILES string of the molecule is O=C(c1nc2c(CF)cc(-c3cn[nH]c3)cn2c1Cl)N1CCC(N2C(=O)COC2=O)CC1. The molecule has 5 rings (SSSR count). The van der Waals surface area contributed by atoms with Crippen molar-refractivity contribution in [2.45, 2.75) is 25.6 Å². The predicted molar refractivity (Wildman–Crippen MR) is 110 cm³/mol. The van der Waals surface area contributed by atoms with E-state index in [1.165, 1.54) is 4.40 Å². The Morgan fingerprint density at radius 3 is 2.69 bits per heavy atom. The van der Waals surface area contributed by atoms with E-state index in [2.05, 4.69) is 15.2 Å². The van der Waals surface area contributed by atoms with Crippen molar-refractivity contribution >= 4 is 35.2 Å². The summed E-state index contributed by atoms with van der Waals surface area (Å²) in [7, 11) is 0. The van der Waals surface area contributed by atoms with Crippen LogP contribution in [0.1, 0.15) is 28.9 Å². The van der Waals surface area contributed by atoms with Gasteiger partial charge in [-0.05, 0) is 18.9 Å². The number of nitrogens with zero attached hydrogens (tertiary/aromatic N) is 5. The number of carbonyl (C=O) groups excluding carboxylic acids is 3. The molecule has 3 aromatic heterocycles. The minimum atomic E-state index is -0.776. The van der Waals surface area contributed by atoms with Gasteiger partial charge in [-0.3, -0.25) is 19.1 Å². The third kappa shape index (κ3) is 3.29. The highest BCUT2D eigenvalue weighted by Crippen LogP contribution is 2.29. The Bertz CT molecular complexity index is 1200. The molecule has 32 heavy (non-hydrogen) atoms. The summed E-state index contributed by atoms with van der Waals surface area (Å²) in [4.78, 5) is 43.8. The number of nitrogens with one attached hydrogen (secondary N) is 1. The standard InChI is InChI=1S/C20H18ClFN6O4/c21-17-16(19(30)26-3-1-14(2-4-26)28-15(29)10-32-20(28)31)25-18-11(6-22)5-12(9-27(17)18)13-7-23-24-8-13/h5,7-9,14H,1-4,6,10H2,(H,23,24). The first-order valence-electron chi connectivity index (χ1n) is 10.0. The first kappa shape index (κ1) is 20.4. The predicted octanol–water partition coefficient (Wildman–Crippen LogP) is 2.43. The normalized spacial score (nSPS) is 17.4. The lowest BCUT2D eigenvalue weighted by molar-refractivity contribution is -0.127. The average Bonchev–Trinajstić information content (AvgIpc) is 3.53. The summed E-state index contributed by atoms with van der Waals surface area (Å²) < 4.78 is 20.0. The number of aromatic amines is 1. The largest absolute Gasteiger partial charge is 0.439 e. The van der Waals surface area contributed by atoms with E-state index in [-0.39, 0.29) is 41.0 Å². The lowest BCUT2D eigenvalue weighted by Crippen LogP contribution is -2.48. The van der Waals surface area contributed by atoms with Crippen LogP contribution in [-0.2, 0) is 16.2 Å². The quantitative estimate of drug-likeness (QED) is 0.639. The second-order valence-corrected chi connectivity index (χ2v) is 8.02. The molecule has 2 fully saturated rings. The van der Waals surface area contributed by atoms with Gasteiger partial charge >= 0.3 is 6.09 Å².